The summed E-state index contributed by atoms with van der Waals surface area (Å²) < 4.78 is 1.62. The molecule has 2 amide bonds. The molecule has 2 N–H and O–H groups in total. The quantitative estimate of drug-likeness (QED) is 0.732. The minimum absolute atomic E-state index is 0.121. The normalized spacial score (nSPS) is 10.5. The number of rotatable bonds is 5. The Kier molecular flexibility index (Phi) is 5.35. The van der Waals surface area contributed by atoms with Gasteiger partial charge < -0.3 is 10.6 Å². The molecule has 138 valence electrons. The van der Waals surface area contributed by atoms with Crippen LogP contribution in [0.1, 0.15) is 27.2 Å². The second-order valence-electron chi connectivity index (χ2n) is 6.49. The van der Waals surface area contributed by atoms with Crippen LogP contribution in [0, 0.1) is 20.8 Å². The van der Waals surface area contributed by atoms with Crippen molar-refractivity contribution >= 4 is 17.5 Å². The third-order valence-electron chi connectivity index (χ3n) is 4.19. The Hall–Kier alpha value is -3.41. The summed E-state index contributed by atoms with van der Waals surface area (Å²) in [5.41, 5.74) is 5.04. The Morgan fingerprint density at radius 3 is 2.33 bits per heavy atom. The molecule has 6 nitrogen and oxygen atoms in total. The molecule has 2 aromatic carbocycles. The van der Waals surface area contributed by atoms with Crippen molar-refractivity contribution in [1.82, 2.24) is 15.1 Å². The molecule has 0 bridgehead atoms. The Labute approximate surface area is 158 Å². The van der Waals surface area contributed by atoms with Gasteiger partial charge in [0.05, 0.1) is 12.2 Å². The number of benzene rings is 2. The van der Waals surface area contributed by atoms with Crippen molar-refractivity contribution in [1.29, 1.82) is 0 Å². The van der Waals surface area contributed by atoms with Crippen LogP contribution >= 0.6 is 0 Å². The van der Waals surface area contributed by atoms with Gasteiger partial charge in [-0.1, -0.05) is 35.9 Å². The van der Waals surface area contributed by atoms with Gasteiger partial charge in [0.1, 0.15) is 0 Å². The highest BCUT2D eigenvalue weighted by Crippen LogP contribution is 2.21. The van der Waals surface area contributed by atoms with Crippen LogP contribution < -0.4 is 10.6 Å². The van der Waals surface area contributed by atoms with Gasteiger partial charge in [-0.15, -0.1) is 0 Å². The van der Waals surface area contributed by atoms with Crippen LogP contribution in [0.5, 0.6) is 0 Å². The lowest BCUT2D eigenvalue weighted by atomic mass is 10.1. The third kappa shape index (κ3) is 4.41. The van der Waals surface area contributed by atoms with E-state index in [9.17, 15) is 9.59 Å². The Morgan fingerprint density at radius 1 is 1.00 bits per heavy atom. The Bertz CT molecular complexity index is 954. The van der Waals surface area contributed by atoms with E-state index in [-0.39, 0.29) is 18.1 Å². The summed E-state index contributed by atoms with van der Waals surface area (Å²) in [6, 6.07) is 15.1. The standard InChI is InChI=1S/C21H22N4O2/c1-14-11-15(2)20(16(3)12-14)23-19(26)13-22-21(27)18-9-10-25(24-18)17-7-5-4-6-8-17/h4-12H,13H2,1-3H3,(H,22,27)(H,23,26). The van der Waals surface area contributed by atoms with Crippen LogP contribution in [0.25, 0.3) is 5.69 Å². The zero-order valence-corrected chi connectivity index (χ0v) is 15.6. The van der Waals surface area contributed by atoms with Crippen molar-refractivity contribution in [2.45, 2.75) is 20.8 Å². The molecule has 0 radical (unpaired) electrons. The first-order valence-corrected chi connectivity index (χ1v) is 8.71. The number of amides is 2. The Morgan fingerprint density at radius 2 is 1.67 bits per heavy atom. The average Bonchev–Trinajstić information content (AvgIpc) is 3.14. The minimum Gasteiger partial charge on any atom is -0.342 e. The van der Waals surface area contributed by atoms with E-state index in [1.807, 2.05) is 63.2 Å². The van der Waals surface area contributed by atoms with Crippen molar-refractivity contribution in [3.63, 3.8) is 0 Å². The topological polar surface area (TPSA) is 76.0 Å². The van der Waals surface area contributed by atoms with E-state index < -0.39 is 5.91 Å². The third-order valence-corrected chi connectivity index (χ3v) is 4.19. The predicted octanol–water partition coefficient (Wildman–Crippen LogP) is 3.17. The van der Waals surface area contributed by atoms with Crippen molar-refractivity contribution in [2.75, 3.05) is 11.9 Å². The molecule has 0 atom stereocenters. The number of anilines is 1. The van der Waals surface area contributed by atoms with Gasteiger partial charge in [-0.05, 0) is 50.1 Å². The first-order valence-electron chi connectivity index (χ1n) is 8.71. The van der Waals surface area contributed by atoms with Crippen LogP contribution in [0.3, 0.4) is 0 Å². The highest BCUT2D eigenvalue weighted by Gasteiger charge is 2.13. The van der Waals surface area contributed by atoms with Gasteiger partial charge in [-0.25, -0.2) is 4.68 Å². The highest BCUT2D eigenvalue weighted by atomic mass is 16.2. The number of aromatic nitrogens is 2. The van der Waals surface area contributed by atoms with Gasteiger partial charge in [0, 0.05) is 11.9 Å². The molecule has 1 aromatic heterocycles. The van der Waals surface area contributed by atoms with Crippen molar-refractivity contribution in [3.05, 3.63) is 77.1 Å². The molecule has 3 aromatic rings. The molecule has 3 rings (SSSR count). The maximum atomic E-state index is 12.3. The van der Waals surface area contributed by atoms with Gasteiger partial charge in [-0.2, -0.15) is 5.10 Å². The average molecular weight is 362 g/mol. The number of hydrogen-bond donors (Lipinski definition) is 2. The first kappa shape index (κ1) is 18.4. The molecule has 1 heterocycles. The van der Waals surface area contributed by atoms with E-state index in [2.05, 4.69) is 15.7 Å². The molecule has 0 aliphatic rings. The number of carbonyl (C=O) groups is 2. The van der Waals surface area contributed by atoms with E-state index in [0.29, 0.717) is 0 Å². The second kappa shape index (κ2) is 7.86. The highest BCUT2D eigenvalue weighted by molar-refractivity contribution is 5.99. The zero-order valence-electron chi connectivity index (χ0n) is 15.6. The lowest BCUT2D eigenvalue weighted by Gasteiger charge is -2.13. The van der Waals surface area contributed by atoms with Crippen LogP contribution in [-0.2, 0) is 4.79 Å². The number of aryl methyl sites for hydroxylation is 3. The molecular formula is C21H22N4O2. The fourth-order valence-corrected chi connectivity index (χ4v) is 2.98. The van der Waals surface area contributed by atoms with Gasteiger partial charge >= 0.3 is 0 Å². The number of carbonyl (C=O) groups excluding carboxylic acids is 2. The van der Waals surface area contributed by atoms with Gasteiger partial charge in [0.15, 0.2) is 5.69 Å². The molecule has 0 saturated heterocycles. The number of para-hydroxylation sites is 1. The largest absolute Gasteiger partial charge is 0.342 e. The molecule has 0 aliphatic carbocycles. The van der Waals surface area contributed by atoms with Crippen molar-refractivity contribution < 1.29 is 9.59 Å². The van der Waals surface area contributed by atoms with Crippen molar-refractivity contribution in [2.24, 2.45) is 0 Å². The van der Waals surface area contributed by atoms with E-state index in [1.165, 1.54) is 0 Å². The fraction of sp³-hybridized carbons (Fsp3) is 0.190. The second-order valence-corrected chi connectivity index (χ2v) is 6.49. The molecule has 6 heteroatoms. The van der Waals surface area contributed by atoms with Crippen molar-refractivity contribution in [3.8, 4) is 5.69 Å². The molecule has 0 spiro atoms. The summed E-state index contributed by atoms with van der Waals surface area (Å²) >= 11 is 0. The first-order chi connectivity index (χ1) is 12.9. The van der Waals surface area contributed by atoms with Crippen LogP contribution in [0.15, 0.2) is 54.7 Å². The number of nitrogens with one attached hydrogen (secondary N) is 2. The molecule has 0 aliphatic heterocycles. The van der Waals surface area contributed by atoms with Crippen LogP contribution in [-0.4, -0.2) is 28.1 Å². The molecule has 27 heavy (non-hydrogen) atoms. The van der Waals surface area contributed by atoms with Gasteiger partial charge in [0.25, 0.3) is 5.91 Å². The SMILES string of the molecule is Cc1cc(C)c(NC(=O)CNC(=O)c2ccn(-c3ccccc3)n2)c(C)c1. The van der Waals surface area contributed by atoms with E-state index in [1.54, 1.807) is 16.9 Å². The number of hydrogen-bond acceptors (Lipinski definition) is 3. The van der Waals surface area contributed by atoms with Crippen LogP contribution in [0.4, 0.5) is 5.69 Å². The lowest BCUT2D eigenvalue weighted by Crippen LogP contribution is -2.33. The smallest absolute Gasteiger partial charge is 0.272 e. The maximum Gasteiger partial charge on any atom is 0.272 e. The Balaban J connectivity index is 1.60. The summed E-state index contributed by atoms with van der Waals surface area (Å²) in [6.45, 7) is 5.79. The summed E-state index contributed by atoms with van der Waals surface area (Å²) in [6.07, 6.45) is 1.71. The molecule has 0 unspecified atom stereocenters. The summed E-state index contributed by atoms with van der Waals surface area (Å²) in [4.78, 5) is 24.5. The molecule has 0 fully saturated rings. The van der Waals surface area contributed by atoms with E-state index in [0.717, 1.165) is 28.1 Å². The summed E-state index contributed by atoms with van der Waals surface area (Å²) in [7, 11) is 0. The lowest BCUT2D eigenvalue weighted by molar-refractivity contribution is -0.115. The summed E-state index contributed by atoms with van der Waals surface area (Å²) in [5, 5.41) is 9.72. The zero-order chi connectivity index (χ0) is 19.4. The maximum absolute atomic E-state index is 12.3. The van der Waals surface area contributed by atoms with Crippen LogP contribution in [0.2, 0.25) is 0 Å². The van der Waals surface area contributed by atoms with Gasteiger partial charge in [-0.3, -0.25) is 9.59 Å². The van der Waals surface area contributed by atoms with E-state index >= 15 is 0 Å². The van der Waals surface area contributed by atoms with E-state index in [4.69, 9.17) is 0 Å². The van der Waals surface area contributed by atoms with Gasteiger partial charge in [0.2, 0.25) is 5.91 Å². The summed E-state index contributed by atoms with van der Waals surface area (Å²) in [5.74, 6) is -0.668. The molecule has 0 saturated carbocycles. The number of nitrogens with zero attached hydrogens (tertiary/aromatic N) is 2. The predicted molar refractivity (Wildman–Crippen MR) is 105 cm³/mol. The molecular weight excluding hydrogens is 340 g/mol. The minimum atomic E-state index is -0.391. The monoisotopic (exact) mass is 362 g/mol. The fourth-order valence-electron chi connectivity index (χ4n) is 2.98.